The molecule has 5 fully saturated rings. The second-order valence-corrected chi connectivity index (χ2v) is 14.7. The molecule has 2 saturated heterocycles. The van der Waals surface area contributed by atoms with Gasteiger partial charge in [-0.25, -0.2) is 0 Å². The highest BCUT2D eigenvalue weighted by atomic mass is 16.7. The topological polar surface area (TPSA) is 106 Å². The van der Waals surface area contributed by atoms with Crippen LogP contribution in [-0.4, -0.2) is 84.8 Å². The molecule has 6 rings (SSSR count). The maximum Gasteiger partial charge on any atom is 0.315 e. The summed E-state index contributed by atoms with van der Waals surface area (Å²) in [6.45, 7) is 13.4. The van der Waals surface area contributed by atoms with Gasteiger partial charge >= 0.3 is 5.97 Å². The predicted molar refractivity (Wildman–Crippen MR) is 148 cm³/mol. The summed E-state index contributed by atoms with van der Waals surface area (Å²) >= 11 is 0. The Morgan fingerprint density at radius 2 is 2.00 bits per heavy atom. The molecule has 224 valence electrons. The van der Waals surface area contributed by atoms with E-state index in [0.717, 1.165) is 50.7 Å². The normalized spacial score (nSPS) is 50.2. The van der Waals surface area contributed by atoms with Crippen LogP contribution in [0.2, 0.25) is 0 Å². The lowest BCUT2D eigenvalue weighted by molar-refractivity contribution is -0.235. The van der Waals surface area contributed by atoms with Crippen molar-refractivity contribution in [2.24, 2.45) is 51.8 Å². The molecule has 0 radical (unpaired) electrons. The van der Waals surface area contributed by atoms with E-state index >= 15 is 0 Å². The number of aliphatic hydroxyl groups is 1. The molecule has 8 heteroatoms. The first-order valence-electron chi connectivity index (χ1n) is 15.7. The Labute approximate surface area is 238 Å². The Morgan fingerprint density at radius 3 is 2.65 bits per heavy atom. The second kappa shape index (κ2) is 10.1. The van der Waals surface area contributed by atoms with Gasteiger partial charge in [0.15, 0.2) is 6.29 Å². The number of carbonyl (C=O) groups excluding carboxylic acids is 1. The molecule has 3 saturated carbocycles. The molecule has 2 N–H and O–H groups in total. The van der Waals surface area contributed by atoms with Gasteiger partial charge in [-0.05, 0) is 68.1 Å². The molecule has 2 heterocycles. The average Bonchev–Trinajstić information content (AvgIpc) is 3.57. The summed E-state index contributed by atoms with van der Waals surface area (Å²) in [5.74, 6) is 0.485. The van der Waals surface area contributed by atoms with Crippen LogP contribution in [0.1, 0.15) is 66.7 Å². The minimum Gasteiger partial charge on any atom is -0.481 e. The number of aldehydes is 1. The van der Waals surface area contributed by atoms with Gasteiger partial charge in [-0.1, -0.05) is 45.8 Å². The van der Waals surface area contributed by atoms with E-state index in [4.69, 9.17) is 14.2 Å². The van der Waals surface area contributed by atoms with E-state index in [0.29, 0.717) is 37.3 Å². The van der Waals surface area contributed by atoms with E-state index in [-0.39, 0.29) is 36.6 Å². The van der Waals surface area contributed by atoms with Gasteiger partial charge in [0, 0.05) is 31.7 Å². The minimum atomic E-state index is -1.28. The Kier molecular flexibility index (Phi) is 7.30. The van der Waals surface area contributed by atoms with Crippen molar-refractivity contribution in [3.8, 4) is 0 Å². The van der Waals surface area contributed by atoms with Gasteiger partial charge in [-0.15, -0.1) is 0 Å². The summed E-state index contributed by atoms with van der Waals surface area (Å²) in [6.07, 6.45) is 5.80. The first-order chi connectivity index (χ1) is 19.0. The Bertz CT molecular complexity index is 1050. The second-order valence-electron chi connectivity index (χ2n) is 14.7. The van der Waals surface area contributed by atoms with E-state index in [9.17, 15) is 19.8 Å². The molecule has 0 spiro atoms. The number of nitrogens with zero attached hydrogens (tertiary/aromatic N) is 1. The molecule has 0 aromatic heterocycles. The van der Waals surface area contributed by atoms with Gasteiger partial charge in [0.1, 0.15) is 17.8 Å². The number of aliphatic carboxylic acids is 1. The monoisotopic (exact) mass is 559 g/mol. The Morgan fingerprint density at radius 1 is 1.23 bits per heavy atom. The summed E-state index contributed by atoms with van der Waals surface area (Å²) in [6, 6.07) is 0. The number of carbonyl (C=O) groups is 2. The Balaban J connectivity index is 1.29. The molecule has 4 bridgehead atoms. The van der Waals surface area contributed by atoms with E-state index in [1.807, 2.05) is 6.92 Å². The molecule has 0 amide bonds. The molecule has 40 heavy (non-hydrogen) atoms. The van der Waals surface area contributed by atoms with Crippen molar-refractivity contribution < 1.29 is 34.0 Å². The highest BCUT2D eigenvalue weighted by Gasteiger charge is 2.84. The molecule has 4 aliphatic carbocycles. The summed E-state index contributed by atoms with van der Waals surface area (Å²) in [4.78, 5) is 29.1. The van der Waals surface area contributed by atoms with Crippen molar-refractivity contribution in [2.45, 2.75) is 91.3 Å². The van der Waals surface area contributed by atoms with Crippen molar-refractivity contribution in [3.05, 3.63) is 11.6 Å². The van der Waals surface area contributed by atoms with Crippen LogP contribution in [-0.2, 0) is 23.8 Å². The highest BCUT2D eigenvalue weighted by molar-refractivity contribution is 5.90. The first-order valence-corrected chi connectivity index (χ1v) is 15.7. The largest absolute Gasteiger partial charge is 0.481 e. The standard InChI is InChI=1S/C32H49NO7/c1-18(2)26-9-22-10-30(16-34)25-7-6-20(4)24(25)11-31(22,32(26,30)29(36)37)17-39-28-27(35)14-33(12-21(5)40-28)13-23-8-19(3)15-38-23/h9,16,18-25,27-28,35H,6-8,10-15,17H2,1-5H3,(H,36,37)/t19?,20-,21-,22?,23?,24-,25-,27+,28-,30?,31?,32+/m1/s1. The lowest BCUT2D eigenvalue weighted by Crippen LogP contribution is -2.63. The van der Waals surface area contributed by atoms with Gasteiger partial charge in [0.25, 0.3) is 0 Å². The van der Waals surface area contributed by atoms with Crippen molar-refractivity contribution in [3.63, 3.8) is 0 Å². The van der Waals surface area contributed by atoms with Gasteiger partial charge in [-0.2, -0.15) is 0 Å². The Hall–Kier alpha value is -1.32. The average molecular weight is 560 g/mol. The number of carboxylic acids is 1. The van der Waals surface area contributed by atoms with E-state index in [1.54, 1.807) is 0 Å². The SMILES string of the molecule is CC1COC(CN2C[C@@H](C)O[C@@H](OCC34C[C@@H]5[C@H](C)CC[C@H]5C5(C=O)CC3C=C(C(C)C)[C@@]45C(=O)O)[C@@H](O)C2)C1. The number of hydrogen-bond donors (Lipinski definition) is 2. The third kappa shape index (κ3) is 3.88. The lowest BCUT2D eigenvalue weighted by Gasteiger charge is -2.58. The molecule has 6 aliphatic rings. The van der Waals surface area contributed by atoms with Gasteiger partial charge in [0.05, 0.1) is 24.2 Å². The van der Waals surface area contributed by atoms with Crippen LogP contribution in [0.5, 0.6) is 0 Å². The summed E-state index contributed by atoms with van der Waals surface area (Å²) < 4.78 is 18.8. The van der Waals surface area contributed by atoms with Gasteiger partial charge < -0.3 is 29.2 Å². The van der Waals surface area contributed by atoms with Crippen molar-refractivity contribution in [1.29, 1.82) is 0 Å². The fraction of sp³-hybridized carbons (Fsp3) is 0.875. The predicted octanol–water partition coefficient (Wildman–Crippen LogP) is 3.76. The zero-order chi connectivity index (χ0) is 28.6. The third-order valence-electron chi connectivity index (χ3n) is 12.0. The molecule has 12 atom stereocenters. The molecule has 5 unspecified atom stereocenters. The number of carboxylic acid groups (broad SMARTS) is 1. The van der Waals surface area contributed by atoms with Crippen LogP contribution >= 0.6 is 0 Å². The number of rotatable bonds is 8. The number of ether oxygens (including phenoxy) is 3. The molecular formula is C32H49NO7. The summed E-state index contributed by atoms with van der Waals surface area (Å²) in [5.41, 5.74) is -2.03. The van der Waals surface area contributed by atoms with Crippen molar-refractivity contribution in [1.82, 2.24) is 4.90 Å². The summed E-state index contributed by atoms with van der Waals surface area (Å²) in [7, 11) is 0. The van der Waals surface area contributed by atoms with Crippen LogP contribution in [0, 0.1) is 51.8 Å². The summed E-state index contributed by atoms with van der Waals surface area (Å²) in [5, 5.41) is 22.5. The fourth-order valence-electron chi connectivity index (χ4n) is 10.6. The smallest absolute Gasteiger partial charge is 0.315 e. The van der Waals surface area contributed by atoms with Crippen LogP contribution in [0.4, 0.5) is 0 Å². The number of aliphatic hydroxyl groups excluding tert-OH is 1. The van der Waals surface area contributed by atoms with E-state index in [1.165, 1.54) is 0 Å². The molecular weight excluding hydrogens is 510 g/mol. The van der Waals surface area contributed by atoms with Crippen LogP contribution in [0.25, 0.3) is 0 Å². The first kappa shape index (κ1) is 28.8. The molecule has 0 aromatic rings. The lowest BCUT2D eigenvalue weighted by atomic mass is 9.43. The van der Waals surface area contributed by atoms with Crippen LogP contribution < -0.4 is 0 Å². The quantitative estimate of drug-likeness (QED) is 0.342. The van der Waals surface area contributed by atoms with Crippen LogP contribution in [0.15, 0.2) is 11.6 Å². The van der Waals surface area contributed by atoms with Gasteiger partial charge in [-0.3, -0.25) is 9.69 Å². The maximum atomic E-state index is 13.6. The van der Waals surface area contributed by atoms with Crippen molar-refractivity contribution >= 4 is 12.3 Å². The zero-order valence-corrected chi connectivity index (χ0v) is 24.9. The zero-order valence-electron chi connectivity index (χ0n) is 24.9. The van der Waals surface area contributed by atoms with Gasteiger partial charge in [0.2, 0.25) is 0 Å². The van der Waals surface area contributed by atoms with Crippen molar-refractivity contribution in [2.75, 3.05) is 32.8 Å². The number of hydrogen-bond acceptors (Lipinski definition) is 7. The molecule has 0 aromatic carbocycles. The van der Waals surface area contributed by atoms with E-state index in [2.05, 4.69) is 38.7 Å². The number of β-amino-alcohol motifs (C(OH)–C–C–N with tert-alkyl or cyclic N) is 1. The van der Waals surface area contributed by atoms with Crippen LogP contribution in [0.3, 0.4) is 0 Å². The number of allylic oxidation sites excluding steroid dienone is 1. The number of fused-ring (bicyclic) bond motifs is 2. The highest BCUT2D eigenvalue weighted by Crippen LogP contribution is 2.82. The minimum absolute atomic E-state index is 0.0179. The third-order valence-corrected chi connectivity index (χ3v) is 12.0. The fourth-order valence-corrected chi connectivity index (χ4v) is 10.6. The molecule has 8 nitrogen and oxygen atoms in total. The van der Waals surface area contributed by atoms with E-state index < -0.39 is 34.6 Å². The molecule has 2 aliphatic heterocycles. The maximum absolute atomic E-state index is 13.6.